The fourth-order valence-corrected chi connectivity index (χ4v) is 0.488. The molecule has 5 nitrogen and oxygen atoms in total. The molecular formula is C4H7N3O2. The van der Waals surface area contributed by atoms with Gasteiger partial charge in [-0.15, -0.1) is 0 Å². The molecule has 1 rings (SSSR count). The molecule has 0 aromatic heterocycles. The van der Waals surface area contributed by atoms with Crippen molar-refractivity contribution in [3.8, 4) is 0 Å². The first-order valence-corrected chi connectivity index (χ1v) is 2.42. The van der Waals surface area contributed by atoms with Crippen LogP contribution in [-0.2, 0) is 4.74 Å². The number of oxime groups is 1. The second-order valence-electron chi connectivity index (χ2n) is 1.63. The predicted molar refractivity (Wildman–Crippen MR) is 31.4 cm³/mol. The fourth-order valence-electron chi connectivity index (χ4n) is 0.488. The van der Waals surface area contributed by atoms with E-state index >= 15 is 0 Å². The van der Waals surface area contributed by atoms with Crippen LogP contribution < -0.4 is 0 Å². The van der Waals surface area contributed by atoms with E-state index in [1.165, 1.54) is 6.40 Å². The maximum absolute atomic E-state index is 8.24. The van der Waals surface area contributed by atoms with Gasteiger partial charge >= 0.3 is 0 Å². The number of guanidine groups is 1. The van der Waals surface area contributed by atoms with Gasteiger partial charge in [0.2, 0.25) is 0 Å². The van der Waals surface area contributed by atoms with E-state index in [2.05, 4.69) is 10.1 Å². The topological polar surface area (TPSA) is 57.4 Å². The van der Waals surface area contributed by atoms with E-state index in [0.29, 0.717) is 6.73 Å². The lowest BCUT2D eigenvalue weighted by molar-refractivity contribution is 0.192. The van der Waals surface area contributed by atoms with Gasteiger partial charge in [0.15, 0.2) is 13.1 Å². The molecule has 1 aliphatic heterocycles. The Balaban J connectivity index is 2.68. The maximum atomic E-state index is 8.24. The Morgan fingerprint density at radius 2 is 2.78 bits per heavy atom. The van der Waals surface area contributed by atoms with Crippen LogP contribution in [0.1, 0.15) is 0 Å². The van der Waals surface area contributed by atoms with Crippen LogP contribution in [0.5, 0.6) is 0 Å². The van der Waals surface area contributed by atoms with Crippen LogP contribution in [0.2, 0.25) is 0 Å². The first-order chi connectivity index (χ1) is 4.34. The first-order valence-electron chi connectivity index (χ1n) is 2.42. The Hall–Kier alpha value is -1.26. The highest BCUT2D eigenvalue weighted by Gasteiger charge is 2.07. The number of nitrogens with zero attached hydrogens (tertiary/aromatic N) is 3. The Morgan fingerprint density at radius 1 is 2.00 bits per heavy atom. The summed E-state index contributed by atoms with van der Waals surface area (Å²) in [7, 11) is 1.71. The Kier molecular flexibility index (Phi) is 1.53. The van der Waals surface area contributed by atoms with Gasteiger partial charge in [-0.05, 0) is 5.16 Å². The number of hydrogen-bond acceptors (Lipinski definition) is 3. The molecular weight excluding hydrogens is 122 g/mol. The lowest BCUT2D eigenvalue weighted by Gasteiger charge is -2.18. The van der Waals surface area contributed by atoms with Gasteiger partial charge in [0.05, 0.1) is 0 Å². The molecule has 0 aromatic carbocycles. The van der Waals surface area contributed by atoms with E-state index in [1.54, 1.807) is 11.9 Å². The molecule has 0 unspecified atom stereocenters. The monoisotopic (exact) mass is 129 g/mol. The second kappa shape index (κ2) is 2.34. The van der Waals surface area contributed by atoms with Crippen LogP contribution >= 0.6 is 0 Å². The summed E-state index contributed by atoms with van der Waals surface area (Å²) >= 11 is 0. The zero-order valence-electron chi connectivity index (χ0n) is 4.98. The van der Waals surface area contributed by atoms with Crippen molar-refractivity contribution in [2.45, 2.75) is 0 Å². The number of hydrogen-bond donors (Lipinski definition) is 1. The molecule has 0 bridgehead atoms. The molecule has 0 aliphatic carbocycles. The summed E-state index contributed by atoms with van der Waals surface area (Å²) in [5.41, 5.74) is 0. The van der Waals surface area contributed by atoms with Crippen molar-refractivity contribution >= 4 is 12.4 Å². The van der Waals surface area contributed by atoms with Gasteiger partial charge in [-0.2, -0.15) is 4.99 Å². The van der Waals surface area contributed by atoms with Crippen LogP contribution in [0.3, 0.4) is 0 Å². The maximum Gasteiger partial charge on any atom is 0.267 e. The standard InChI is InChI=1S/C4H7N3O2/c1-7-3-9-2-5-4(7)6-8/h2,8H,3H2,1H3. The summed E-state index contributed by atoms with van der Waals surface area (Å²) in [5.74, 6) is 0.265. The highest BCUT2D eigenvalue weighted by atomic mass is 16.5. The third kappa shape index (κ3) is 1.10. The lowest BCUT2D eigenvalue weighted by atomic mass is 10.8. The zero-order chi connectivity index (χ0) is 6.69. The number of ether oxygens (including phenoxy) is 1. The van der Waals surface area contributed by atoms with Crippen molar-refractivity contribution in [3.63, 3.8) is 0 Å². The Morgan fingerprint density at radius 3 is 3.22 bits per heavy atom. The molecule has 0 amide bonds. The summed E-state index contributed by atoms with van der Waals surface area (Å²) in [6.07, 6.45) is 1.25. The largest absolute Gasteiger partial charge is 0.462 e. The van der Waals surface area contributed by atoms with E-state index in [9.17, 15) is 0 Å². The van der Waals surface area contributed by atoms with E-state index in [4.69, 9.17) is 9.94 Å². The van der Waals surface area contributed by atoms with Crippen LogP contribution in [-0.4, -0.2) is 36.2 Å². The normalized spacial score (nSPS) is 22.3. The molecule has 0 atom stereocenters. The molecule has 1 aliphatic rings. The van der Waals surface area contributed by atoms with Crippen LogP contribution in [0.25, 0.3) is 0 Å². The highest BCUT2D eigenvalue weighted by Crippen LogP contribution is 1.93. The molecule has 0 radical (unpaired) electrons. The van der Waals surface area contributed by atoms with Crippen molar-refractivity contribution in [1.82, 2.24) is 4.90 Å². The molecule has 0 fully saturated rings. The molecule has 9 heavy (non-hydrogen) atoms. The summed E-state index contributed by atoms with van der Waals surface area (Å²) in [4.78, 5) is 5.18. The molecule has 5 heteroatoms. The highest BCUT2D eigenvalue weighted by molar-refractivity contribution is 5.86. The first kappa shape index (κ1) is 5.87. The van der Waals surface area contributed by atoms with Gasteiger partial charge in [-0.25, -0.2) is 0 Å². The quantitative estimate of drug-likeness (QED) is 0.360. The third-order valence-electron chi connectivity index (χ3n) is 0.942. The van der Waals surface area contributed by atoms with Gasteiger partial charge in [-0.3, -0.25) is 0 Å². The predicted octanol–water partition coefficient (Wildman–Crippen LogP) is -0.321. The van der Waals surface area contributed by atoms with Crippen molar-refractivity contribution in [3.05, 3.63) is 0 Å². The fraction of sp³-hybridized carbons (Fsp3) is 0.500. The lowest BCUT2D eigenvalue weighted by Crippen LogP contribution is -2.31. The van der Waals surface area contributed by atoms with Gasteiger partial charge in [0.1, 0.15) is 0 Å². The van der Waals surface area contributed by atoms with Crippen molar-refractivity contribution in [1.29, 1.82) is 0 Å². The second-order valence-corrected chi connectivity index (χ2v) is 1.63. The van der Waals surface area contributed by atoms with Crippen molar-refractivity contribution < 1.29 is 9.94 Å². The average molecular weight is 129 g/mol. The van der Waals surface area contributed by atoms with Gasteiger partial charge < -0.3 is 14.8 Å². The van der Waals surface area contributed by atoms with Gasteiger partial charge in [0, 0.05) is 7.05 Å². The SMILES string of the molecule is CN1COC=NC1=NO. The Bertz CT molecular complexity index is 151. The summed E-state index contributed by atoms with van der Waals surface area (Å²) in [5, 5.41) is 11.1. The molecule has 1 N–H and O–H groups in total. The van der Waals surface area contributed by atoms with Gasteiger partial charge in [-0.1, -0.05) is 0 Å². The molecule has 50 valence electrons. The molecule has 0 spiro atoms. The summed E-state index contributed by atoms with van der Waals surface area (Å²) in [6.45, 7) is 0.378. The number of rotatable bonds is 0. The van der Waals surface area contributed by atoms with Crippen molar-refractivity contribution in [2.24, 2.45) is 10.1 Å². The van der Waals surface area contributed by atoms with Gasteiger partial charge in [0.25, 0.3) is 5.96 Å². The zero-order valence-corrected chi connectivity index (χ0v) is 4.98. The average Bonchev–Trinajstić information content (AvgIpc) is 1.89. The van der Waals surface area contributed by atoms with E-state index < -0.39 is 0 Å². The van der Waals surface area contributed by atoms with Crippen LogP contribution in [0.15, 0.2) is 10.1 Å². The summed E-state index contributed by atoms with van der Waals surface area (Å²) < 4.78 is 4.76. The van der Waals surface area contributed by atoms with E-state index in [0.717, 1.165) is 0 Å². The molecule has 0 aromatic rings. The van der Waals surface area contributed by atoms with Crippen molar-refractivity contribution in [2.75, 3.05) is 13.8 Å². The summed E-state index contributed by atoms with van der Waals surface area (Å²) in [6, 6.07) is 0. The minimum absolute atomic E-state index is 0.265. The van der Waals surface area contributed by atoms with Crippen LogP contribution in [0, 0.1) is 0 Å². The van der Waals surface area contributed by atoms with E-state index in [1.807, 2.05) is 0 Å². The molecule has 1 heterocycles. The Labute approximate surface area is 52.2 Å². The molecule has 0 saturated carbocycles. The number of aliphatic imine (C=N–C) groups is 1. The molecule has 0 saturated heterocycles. The smallest absolute Gasteiger partial charge is 0.267 e. The third-order valence-corrected chi connectivity index (χ3v) is 0.942. The minimum atomic E-state index is 0.265. The van der Waals surface area contributed by atoms with Crippen LogP contribution in [0.4, 0.5) is 0 Å². The van der Waals surface area contributed by atoms with E-state index in [-0.39, 0.29) is 5.96 Å². The minimum Gasteiger partial charge on any atom is -0.462 e.